The molecule has 0 aromatic carbocycles. The number of amides is 1. The van der Waals surface area contributed by atoms with Gasteiger partial charge in [-0.1, -0.05) is 0 Å². The molecule has 6 nitrogen and oxygen atoms in total. The number of carbonyl (C=O) groups excluding carboxylic acids is 1. The summed E-state index contributed by atoms with van der Waals surface area (Å²) < 4.78 is 2.32. The van der Waals surface area contributed by atoms with Gasteiger partial charge in [0.2, 0.25) is 5.91 Å². The average molecular weight is 296 g/mol. The molecule has 0 bridgehead atoms. The van der Waals surface area contributed by atoms with Crippen LogP contribution in [0.15, 0.2) is 35.2 Å². The standard InChI is InChI=1S/C10H10BrN5O/c11-7-1-2-9(13-3-7)15-10(17)6-16-5-8(12)4-14-16/h1-5H,6,12H2,(H,13,15,17). The summed E-state index contributed by atoms with van der Waals surface area (Å²) in [5.41, 5.74) is 6.02. The summed E-state index contributed by atoms with van der Waals surface area (Å²) in [6.45, 7) is 0.106. The van der Waals surface area contributed by atoms with Crippen molar-refractivity contribution in [1.82, 2.24) is 14.8 Å². The largest absolute Gasteiger partial charge is 0.396 e. The van der Waals surface area contributed by atoms with Crippen molar-refractivity contribution >= 4 is 33.3 Å². The smallest absolute Gasteiger partial charge is 0.247 e. The molecule has 0 aliphatic rings. The Labute approximate surface area is 106 Å². The third-order valence-electron chi connectivity index (χ3n) is 1.95. The molecule has 2 aromatic rings. The molecule has 2 aromatic heterocycles. The van der Waals surface area contributed by atoms with E-state index >= 15 is 0 Å². The molecule has 0 unspecified atom stereocenters. The fraction of sp³-hybridized carbons (Fsp3) is 0.100. The van der Waals surface area contributed by atoms with E-state index in [0.29, 0.717) is 11.5 Å². The first-order chi connectivity index (χ1) is 8.13. The lowest BCUT2D eigenvalue weighted by molar-refractivity contribution is -0.116. The highest BCUT2D eigenvalue weighted by Crippen LogP contribution is 2.10. The fourth-order valence-electron chi connectivity index (χ4n) is 1.25. The molecule has 0 spiro atoms. The fourth-order valence-corrected chi connectivity index (χ4v) is 1.48. The van der Waals surface area contributed by atoms with Crippen LogP contribution in [0.5, 0.6) is 0 Å². The molecule has 0 atom stereocenters. The third-order valence-corrected chi connectivity index (χ3v) is 2.42. The Kier molecular flexibility index (Phi) is 3.38. The number of rotatable bonds is 3. The number of anilines is 2. The van der Waals surface area contributed by atoms with Gasteiger partial charge in [-0.2, -0.15) is 5.10 Å². The Morgan fingerprint density at radius 3 is 2.88 bits per heavy atom. The zero-order valence-corrected chi connectivity index (χ0v) is 10.4. The van der Waals surface area contributed by atoms with Crippen molar-refractivity contribution in [2.24, 2.45) is 0 Å². The lowest BCUT2D eigenvalue weighted by Crippen LogP contribution is -2.19. The van der Waals surface area contributed by atoms with Crippen LogP contribution in [0.1, 0.15) is 0 Å². The van der Waals surface area contributed by atoms with Crippen LogP contribution in [0.4, 0.5) is 11.5 Å². The number of nitrogens with one attached hydrogen (secondary N) is 1. The first kappa shape index (κ1) is 11.6. The van der Waals surface area contributed by atoms with E-state index in [2.05, 4.69) is 31.3 Å². The van der Waals surface area contributed by atoms with Crippen molar-refractivity contribution in [2.75, 3.05) is 11.1 Å². The maximum atomic E-state index is 11.6. The van der Waals surface area contributed by atoms with Crippen molar-refractivity contribution in [3.8, 4) is 0 Å². The van der Waals surface area contributed by atoms with Gasteiger partial charge in [-0.3, -0.25) is 9.48 Å². The van der Waals surface area contributed by atoms with Crippen LogP contribution in [0.3, 0.4) is 0 Å². The number of nitrogens with zero attached hydrogens (tertiary/aromatic N) is 3. The molecule has 3 N–H and O–H groups in total. The van der Waals surface area contributed by atoms with Gasteiger partial charge in [0.05, 0.1) is 11.9 Å². The van der Waals surface area contributed by atoms with Gasteiger partial charge in [-0.15, -0.1) is 0 Å². The summed E-state index contributed by atoms with van der Waals surface area (Å²) in [6, 6.07) is 3.51. The highest BCUT2D eigenvalue weighted by atomic mass is 79.9. The normalized spacial score (nSPS) is 10.2. The zero-order chi connectivity index (χ0) is 12.3. The van der Waals surface area contributed by atoms with Crippen LogP contribution in [0.25, 0.3) is 0 Å². The summed E-state index contributed by atoms with van der Waals surface area (Å²) in [4.78, 5) is 15.6. The Morgan fingerprint density at radius 1 is 1.47 bits per heavy atom. The third kappa shape index (κ3) is 3.28. The van der Waals surface area contributed by atoms with Crippen LogP contribution in [-0.2, 0) is 11.3 Å². The minimum absolute atomic E-state index is 0.106. The van der Waals surface area contributed by atoms with E-state index in [-0.39, 0.29) is 12.5 Å². The molecule has 0 aliphatic heterocycles. The van der Waals surface area contributed by atoms with E-state index in [4.69, 9.17) is 5.73 Å². The monoisotopic (exact) mass is 295 g/mol. The molecule has 1 amide bonds. The van der Waals surface area contributed by atoms with Crippen LogP contribution < -0.4 is 11.1 Å². The summed E-state index contributed by atoms with van der Waals surface area (Å²) in [5, 5.41) is 6.57. The molecule has 2 heterocycles. The topological polar surface area (TPSA) is 85.8 Å². The van der Waals surface area contributed by atoms with Crippen molar-refractivity contribution in [1.29, 1.82) is 0 Å². The zero-order valence-electron chi connectivity index (χ0n) is 8.80. The number of pyridine rings is 1. The average Bonchev–Trinajstić information content (AvgIpc) is 2.67. The van der Waals surface area contributed by atoms with E-state index in [9.17, 15) is 4.79 Å². The number of carbonyl (C=O) groups is 1. The highest BCUT2D eigenvalue weighted by molar-refractivity contribution is 9.10. The first-order valence-corrected chi connectivity index (χ1v) is 5.62. The van der Waals surface area contributed by atoms with E-state index in [0.717, 1.165) is 4.47 Å². The Bertz CT molecular complexity index is 522. The Morgan fingerprint density at radius 2 is 2.29 bits per heavy atom. The number of halogens is 1. The molecular formula is C10H10BrN5O. The number of nitrogens with two attached hydrogens (primary N) is 1. The molecular weight excluding hydrogens is 286 g/mol. The molecule has 7 heteroatoms. The van der Waals surface area contributed by atoms with E-state index < -0.39 is 0 Å². The SMILES string of the molecule is Nc1cnn(CC(=O)Nc2ccc(Br)cn2)c1. The quantitative estimate of drug-likeness (QED) is 0.893. The number of nitrogen functional groups attached to an aromatic ring is 1. The maximum absolute atomic E-state index is 11.6. The van der Waals surface area contributed by atoms with Gasteiger partial charge < -0.3 is 11.1 Å². The molecule has 0 radical (unpaired) electrons. The van der Waals surface area contributed by atoms with E-state index in [1.54, 1.807) is 24.5 Å². The molecule has 0 aliphatic carbocycles. The highest BCUT2D eigenvalue weighted by Gasteiger charge is 2.05. The Balaban J connectivity index is 1.95. The molecule has 17 heavy (non-hydrogen) atoms. The number of hydrogen-bond donors (Lipinski definition) is 2. The number of hydrogen-bond acceptors (Lipinski definition) is 4. The molecule has 0 saturated heterocycles. The molecule has 0 saturated carbocycles. The second kappa shape index (κ2) is 4.96. The first-order valence-electron chi connectivity index (χ1n) is 4.83. The van der Waals surface area contributed by atoms with Crippen LogP contribution in [0, 0.1) is 0 Å². The van der Waals surface area contributed by atoms with Crippen molar-refractivity contribution in [3.05, 3.63) is 35.2 Å². The molecule has 2 rings (SSSR count). The van der Waals surface area contributed by atoms with Gasteiger partial charge in [0.1, 0.15) is 12.4 Å². The molecule has 88 valence electrons. The number of aromatic nitrogens is 3. The van der Waals surface area contributed by atoms with Crippen molar-refractivity contribution in [3.63, 3.8) is 0 Å². The lowest BCUT2D eigenvalue weighted by Gasteiger charge is -2.04. The predicted molar refractivity (Wildman–Crippen MR) is 67.2 cm³/mol. The summed E-state index contributed by atoms with van der Waals surface area (Å²) in [5.74, 6) is 0.293. The summed E-state index contributed by atoms with van der Waals surface area (Å²) in [6.07, 6.45) is 4.70. The van der Waals surface area contributed by atoms with Crippen molar-refractivity contribution < 1.29 is 4.79 Å². The maximum Gasteiger partial charge on any atom is 0.247 e. The predicted octanol–water partition coefficient (Wildman–Crippen LogP) is 1.26. The minimum Gasteiger partial charge on any atom is -0.396 e. The second-order valence-electron chi connectivity index (χ2n) is 3.38. The second-order valence-corrected chi connectivity index (χ2v) is 4.30. The van der Waals surface area contributed by atoms with Crippen LogP contribution in [0.2, 0.25) is 0 Å². The minimum atomic E-state index is -0.206. The summed E-state index contributed by atoms with van der Waals surface area (Å²) in [7, 11) is 0. The summed E-state index contributed by atoms with van der Waals surface area (Å²) >= 11 is 3.26. The van der Waals surface area contributed by atoms with Gasteiger partial charge in [-0.25, -0.2) is 4.98 Å². The lowest BCUT2D eigenvalue weighted by atomic mass is 10.4. The Hall–Kier alpha value is -1.89. The van der Waals surface area contributed by atoms with Gasteiger partial charge >= 0.3 is 0 Å². The van der Waals surface area contributed by atoms with E-state index in [1.165, 1.54) is 10.9 Å². The van der Waals surface area contributed by atoms with Crippen LogP contribution in [-0.4, -0.2) is 20.7 Å². The van der Waals surface area contributed by atoms with Gasteiger partial charge in [0.25, 0.3) is 0 Å². The van der Waals surface area contributed by atoms with Gasteiger partial charge in [-0.05, 0) is 28.1 Å². The van der Waals surface area contributed by atoms with E-state index in [1.807, 2.05) is 0 Å². The van der Waals surface area contributed by atoms with Crippen molar-refractivity contribution in [2.45, 2.75) is 6.54 Å². The van der Waals surface area contributed by atoms with Gasteiger partial charge in [0.15, 0.2) is 0 Å². The van der Waals surface area contributed by atoms with Crippen LogP contribution >= 0.6 is 15.9 Å². The molecule has 0 fully saturated rings. The van der Waals surface area contributed by atoms with Gasteiger partial charge in [0, 0.05) is 16.9 Å².